The van der Waals surface area contributed by atoms with E-state index in [0.29, 0.717) is 11.3 Å². The van der Waals surface area contributed by atoms with E-state index in [-0.39, 0.29) is 18.4 Å². The standard InChI is InChI=1S/C17H19N5O2/c1-2-15-19-20-16-8-7-11(10-22(15)16)18-17(23)9-13-12-5-3-4-6-14(12)24-21-13/h3-6,11H,2,7-10H2,1H3,(H,18,23). The Hall–Kier alpha value is -2.70. The average molecular weight is 325 g/mol. The number of hydrogen-bond donors (Lipinski definition) is 1. The van der Waals surface area contributed by atoms with Crippen LogP contribution in [0.3, 0.4) is 0 Å². The Morgan fingerprint density at radius 1 is 1.38 bits per heavy atom. The predicted molar refractivity (Wildman–Crippen MR) is 87.4 cm³/mol. The van der Waals surface area contributed by atoms with Crippen LogP contribution in [0, 0.1) is 0 Å². The van der Waals surface area contributed by atoms with Crippen molar-refractivity contribution in [2.24, 2.45) is 0 Å². The molecule has 7 heteroatoms. The van der Waals surface area contributed by atoms with Crippen LogP contribution in [0.25, 0.3) is 11.0 Å². The molecule has 24 heavy (non-hydrogen) atoms. The van der Waals surface area contributed by atoms with E-state index >= 15 is 0 Å². The molecule has 0 saturated heterocycles. The van der Waals surface area contributed by atoms with Crippen LogP contribution < -0.4 is 5.32 Å². The lowest BCUT2D eigenvalue weighted by molar-refractivity contribution is -0.121. The number of aromatic nitrogens is 4. The first kappa shape index (κ1) is 14.9. The van der Waals surface area contributed by atoms with Gasteiger partial charge in [-0.2, -0.15) is 0 Å². The molecule has 0 bridgehead atoms. The lowest BCUT2D eigenvalue weighted by Crippen LogP contribution is -2.42. The van der Waals surface area contributed by atoms with Crippen LogP contribution in [-0.2, 0) is 30.6 Å². The van der Waals surface area contributed by atoms with Crippen molar-refractivity contribution in [1.29, 1.82) is 0 Å². The number of aryl methyl sites for hydroxylation is 2. The highest BCUT2D eigenvalue weighted by Gasteiger charge is 2.24. The number of nitrogens with one attached hydrogen (secondary N) is 1. The molecule has 1 N–H and O–H groups in total. The van der Waals surface area contributed by atoms with Gasteiger partial charge in [0.1, 0.15) is 17.3 Å². The third-order valence-electron chi connectivity index (χ3n) is 4.48. The second-order valence-electron chi connectivity index (χ2n) is 6.10. The van der Waals surface area contributed by atoms with Crippen LogP contribution in [-0.4, -0.2) is 31.9 Å². The van der Waals surface area contributed by atoms with E-state index in [4.69, 9.17) is 4.52 Å². The zero-order chi connectivity index (χ0) is 16.5. The van der Waals surface area contributed by atoms with Gasteiger partial charge in [0.05, 0.1) is 6.42 Å². The molecule has 0 aliphatic carbocycles. The largest absolute Gasteiger partial charge is 0.356 e. The van der Waals surface area contributed by atoms with Crippen LogP contribution in [0.2, 0.25) is 0 Å². The molecule has 1 unspecified atom stereocenters. The quantitative estimate of drug-likeness (QED) is 0.788. The van der Waals surface area contributed by atoms with Gasteiger partial charge in [0.2, 0.25) is 5.91 Å². The van der Waals surface area contributed by atoms with Gasteiger partial charge in [0.25, 0.3) is 0 Å². The molecule has 1 aromatic carbocycles. The molecule has 1 amide bonds. The van der Waals surface area contributed by atoms with Gasteiger partial charge >= 0.3 is 0 Å². The van der Waals surface area contributed by atoms with Crippen molar-refractivity contribution in [1.82, 2.24) is 25.2 Å². The molecule has 124 valence electrons. The summed E-state index contributed by atoms with van der Waals surface area (Å²) < 4.78 is 7.38. The smallest absolute Gasteiger partial charge is 0.226 e. The molecule has 0 saturated carbocycles. The van der Waals surface area contributed by atoms with Gasteiger partial charge in [-0.1, -0.05) is 24.2 Å². The van der Waals surface area contributed by atoms with Crippen molar-refractivity contribution in [3.63, 3.8) is 0 Å². The first-order chi connectivity index (χ1) is 11.7. The van der Waals surface area contributed by atoms with Crippen molar-refractivity contribution in [2.75, 3.05) is 0 Å². The maximum Gasteiger partial charge on any atom is 0.226 e. The van der Waals surface area contributed by atoms with Crippen LogP contribution in [0.1, 0.15) is 30.7 Å². The molecule has 0 radical (unpaired) electrons. The summed E-state index contributed by atoms with van der Waals surface area (Å²) in [5.41, 5.74) is 1.39. The topological polar surface area (TPSA) is 85.8 Å². The number of rotatable bonds is 4. The number of nitrogens with zero attached hydrogens (tertiary/aromatic N) is 4. The van der Waals surface area contributed by atoms with E-state index in [2.05, 4.69) is 32.2 Å². The van der Waals surface area contributed by atoms with E-state index in [1.165, 1.54) is 0 Å². The van der Waals surface area contributed by atoms with Crippen molar-refractivity contribution < 1.29 is 9.32 Å². The van der Waals surface area contributed by atoms with Crippen molar-refractivity contribution in [3.8, 4) is 0 Å². The predicted octanol–water partition coefficient (Wildman–Crippen LogP) is 1.66. The van der Waals surface area contributed by atoms with Gasteiger partial charge in [-0.25, -0.2) is 0 Å². The fraction of sp³-hybridized carbons (Fsp3) is 0.412. The third-order valence-corrected chi connectivity index (χ3v) is 4.48. The Morgan fingerprint density at radius 3 is 3.12 bits per heavy atom. The molecule has 3 heterocycles. The Kier molecular flexibility index (Phi) is 3.76. The van der Waals surface area contributed by atoms with Gasteiger partial charge in [-0.15, -0.1) is 10.2 Å². The summed E-state index contributed by atoms with van der Waals surface area (Å²) in [5.74, 6) is 1.96. The Labute approximate surface area is 139 Å². The number of para-hydroxylation sites is 1. The molecule has 4 rings (SSSR count). The minimum Gasteiger partial charge on any atom is -0.356 e. The second-order valence-corrected chi connectivity index (χ2v) is 6.10. The van der Waals surface area contributed by atoms with Gasteiger partial charge in [0, 0.05) is 30.8 Å². The van der Waals surface area contributed by atoms with Crippen LogP contribution >= 0.6 is 0 Å². The molecule has 7 nitrogen and oxygen atoms in total. The van der Waals surface area contributed by atoms with E-state index < -0.39 is 0 Å². The van der Waals surface area contributed by atoms with Gasteiger partial charge in [-0.05, 0) is 18.6 Å². The summed E-state index contributed by atoms with van der Waals surface area (Å²) in [6.45, 7) is 2.80. The van der Waals surface area contributed by atoms with Gasteiger partial charge in [-0.3, -0.25) is 4.79 Å². The van der Waals surface area contributed by atoms with Gasteiger partial charge < -0.3 is 14.4 Å². The maximum absolute atomic E-state index is 12.4. The van der Waals surface area contributed by atoms with Crippen LogP contribution in [0.4, 0.5) is 0 Å². The normalized spacial score (nSPS) is 17.0. The highest BCUT2D eigenvalue weighted by molar-refractivity contribution is 5.86. The molecule has 0 spiro atoms. The molecular weight excluding hydrogens is 306 g/mol. The van der Waals surface area contributed by atoms with Gasteiger partial charge in [0.15, 0.2) is 5.58 Å². The van der Waals surface area contributed by atoms with Crippen molar-refractivity contribution >= 4 is 16.9 Å². The number of carbonyl (C=O) groups excluding carboxylic acids is 1. The number of benzene rings is 1. The minimum absolute atomic E-state index is 0.0337. The highest BCUT2D eigenvalue weighted by Crippen LogP contribution is 2.19. The number of amides is 1. The molecule has 0 fully saturated rings. The van der Waals surface area contributed by atoms with Crippen LogP contribution in [0.15, 0.2) is 28.8 Å². The molecule has 1 aliphatic rings. The third kappa shape index (κ3) is 2.66. The van der Waals surface area contributed by atoms with Crippen molar-refractivity contribution in [3.05, 3.63) is 41.6 Å². The minimum atomic E-state index is -0.0337. The first-order valence-electron chi connectivity index (χ1n) is 8.28. The molecule has 1 atom stereocenters. The number of carbonyl (C=O) groups is 1. The fourth-order valence-electron chi connectivity index (χ4n) is 3.26. The molecular formula is C17H19N5O2. The van der Waals surface area contributed by atoms with E-state index in [1.54, 1.807) is 0 Å². The molecule has 2 aromatic heterocycles. The molecule has 3 aromatic rings. The monoisotopic (exact) mass is 325 g/mol. The lowest BCUT2D eigenvalue weighted by Gasteiger charge is -2.25. The summed E-state index contributed by atoms with van der Waals surface area (Å²) >= 11 is 0. The van der Waals surface area contributed by atoms with E-state index in [0.717, 1.165) is 42.8 Å². The zero-order valence-electron chi connectivity index (χ0n) is 13.5. The Bertz CT molecular complexity index is 869. The zero-order valence-corrected chi connectivity index (χ0v) is 13.5. The highest BCUT2D eigenvalue weighted by atomic mass is 16.5. The fourth-order valence-corrected chi connectivity index (χ4v) is 3.26. The second kappa shape index (κ2) is 6.07. The maximum atomic E-state index is 12.4. The summed E-state index contributed by atoms with van der Waals surface area (Å²) in [6.07, 6.45) is 2.79. The van der Waals surface area contributed by atoms with Crippen LogP contribution in [0.5, 0.6) is 0 Å². The number of hydrogen-bond acceptors (Lipinski definition) is 5. The summed E-state index contributed by atoms with van der Waals surface area (Å²) in [7, 11) is 0. The first-order valence-corrected chi connectivity index (χ1v) is 8.28. The summed E-state index contributed by atoms with van der Waals surface area (Å²) in [4.78, 5) is 12.4. The summed E-state index contributed by atoms with van der Waals surface area (Å²) in [5, 5.41) is 16.4. The Morgan fingerprint density at radius 2 is 2.25 bits per heavy atom. The number of fused-ring (bicyclic) bond motifs is 2. The van der Waals surface area contributed by atoms with Crippen molar-refractivity contribution in [2.45, 2.75) is 45.2 Å². The SMILES string of the molecule is CCc1nnc2n1CC(NC(=O)Cc1noc3ccccc13)CC2. The van der Waals surface area contributed by atoms with E-state index in [9.17, 15) is 4.79 Å². The molecule has 1 aliphatic heterocycles. The van der Waals surface area contributed by atoms with E-state index in [1.807, 2.05) is 24.3 Å². The summed E-state index contributed by atoms with van der Waals surface area (Å²) in [6, 6.07) is 7.68. The lowest BCUT2D eigenvalue weighted by atomic mass is 10.1. The average Bonchev–Trinajstić information content (AvgIpc) is 3.19. The Balaban J connectivity index is 1.43.